The Morgan fingerprint density at radius 2 is 1.89 bits per heavy atom. The van der Waals surface area contributed by atoms with Crippen molar-refractivity contribution in [2.75, 3.05) is 0 Å². The lowest BCUT2D eigenvalue weighted by Crippen LogP contribution is -2.27. The van der Waals surface area contributed by atoms with Crippen LogP contribution in [0.15, 0.2) is 18.2 Å². The molecular formula is C10H5F5NO2. The van der Waals surface area contributed by atoms with Gasteiger partial charge in [-0.3, -0.25) is 4.79 Å². The Bertz CT molecular complexity index is 511. The normalized spacial score (nSPS) is 19.3. The van der Waals surface area contributed by atoms with Gasteiger partial charge < -0.3 is 5.11 Å². The summed E-state index contributed by atoms with van der Waals surface area (Å²) in [6.45, 7) is 0. The molecule has 1 aliphatic heterocycles. The number of carbonyl (C=O) groups excluding carboxylic acids is 1. The van der Waals surface area contributed by atoms with Gasteiger partial charge in [0, 0.05) is 5.56 Å². The lowest BCUT2D eigenvalue weighted by molar-refractivity contribution is -0.207. The Hall–Kier alpha value is -1.70. The van der Waals surface area contributed by atoms with Gasteiger partial charge in [-0.1, -0.05) is 12.1 Å². The monoisotopic (exact) mass is 266 g/mol. The van der Waals surface area contributed by atoms with Crippen LogP contribution in [0.1, 0.15) is 17.2 Å². The van der Waals surface area contributed by atoms with Gasteiger partial charge in [-0.2, -0.15) is 22.0 Å². The maximum atomic E-state index is 13.4. The number of fused-ring (bicyclic) bond motifs is 1. The van der Waals surface area contributed by atoms with Crippen LogP contribution in [0, 0.1) is 0 Å². The molecule has 0 saturated heterocycles. The van der Waals surface area contributed by atoms with E-state index in [0.29, 0.717) is 6.07 Å². The topological polar surface area (TPSA) is 51.4 Å². The van der Waals surface area contributed by atoms with Crippen molar-refractivity contribution in [3.05, 3.63) is 29.3 Å². The van der Waals surface area contributed by atoms with Gasteiger partial charge in [0.2, 0.25) is 0 Å². The number of aliphatic hydroxyl groups excluding tert-OH is 1. The van der Waals surface area contributed by atoms with E-state index in [-0.39, 0.29) is 0 Å². The minimum Gasteiger partial charge on any atom is -0.379 e. The van der Waals surface area contributed by atoms with Gasteiger partial charge in [-0.05, 0) is 6.07 Å². The van der Waals surface area contributed by atoms with Gasteiger partial charge >= 0.3 is 18.0 Å². The summed E-state index contributed by atoms with van der Waals surface area (Å²) < 4.78 is 63.9. The molecule has 1 atom stereocenters. The number of halogens is 5. The average Bonchev–Trinajstić information content (AvgIpc) is 2.48. The summed E-state index contributed by atoms with van der Waals surface area (Å²) in [5.74, 6) is -5.97. The zero-order valence-electron chi connectivity index (χ0n) is 8.50. The molecule has 97 valence electrons. The molecule has 0 fully saturated rings. The summed E-state index contributed by atoms with van der Waals surface area (Å²) in [5, 5.41) is 12.0. The SMILES string of the molecule is O=C1[N]c2cccc([C@@H](O)C(F)(F)F)c2C1(F)F. The molecule has 1 heterocycles. The van der Waals surface area contributed by atoms with Gasteiger partial charge in [0.25, 0.3) is 0 Å². The van der Waals surface area contributed by atoms with Crippen LogP contribution in [0.2, 0.25) is 0 Å². The quantitative estimate of drug-likeness (QED) is 0.792. The molecule has 1 radical (unpaired) electrons. The molecule has 0 aliphatic carbocycles. The maximum Gasteiger partial charge on any atom is 0.418 e. The molecule has 0 bridgehead atoms. The first-order valence-electron chi connectivity index (χ1n) is 4.68. The Kier molecular flexibility index (Phi) is 2.58. The second kappa shape index (κ2) is 3.64. The second-order valence-electron chi connectivity index (χ2n) is 3.68. The number of hydrogen-bond acceptors (Lipinski definition) is 2. The summed E-state index contributed by atoms with van der Waals surface area (Å²) in [7, 11) is 0. The molecule has 1 N–H and O–H groups in total. The number of carbonyl (C=O) groups is 1. The molecule has 3 nitrogen and oxygen atoms in total. The van der Waals surface area contributed by atoms with E-state index >= 15 is 0 Å². The van der Waals surface area contributed by atoms with Crippen molar-refractivity contribution in [3.63, 3.8) is 0 Å². The van der Waals surface area contributed by atoms with E-state index in [2.05, 4.69) is 5.32 Å². The summed E-state index contributed by atoms with van der Waals surface area (Å²) >= 11 is 0. The third-order valence-electron chi connectivity index (χ3n) is 2.48. The number of benzene rings is 1. The second-order valence-corrected chi connectivity index (χ2v) is 3.68. The Morgan fingerprint density at radius 3 is 2.44 bits per heavy atom. The van der Waals surface area contributed by atoms with Crippen LogP contribution in [-0.4, -0.2) is 17.2 Å². The number of nitrogens with zero attached hydrogens (tertiary/aromatic N) is 1. The van der Waals surface area contributed by atoms with E-state index < -0.39 is 40.9 Å². The third-order valence-corrected chi connectivity index (χ3v) is 2.48. The first kappa shape index (κ1) is 12.7. The number of amides is 1. The van der Waals surface area contributed by atoms with Crippen molar-refractivity contribution in [3.8, 4) is 0 Å². The first-order chi connectivity index (χ1) is 8.15. The van der Waals surface area contributed by atoms with E-state index in [9.17, 15) is 26.7 Å². The van der Waals surface area contributed by atoms with E-state index in [0.717, 1.165) is 12.1 Å². The van der Waals surface area contributed by atoms with Gasteiger partial charge in [-0.25, -0.2) is 5.32 Å². The van der Waals surface area contributed by atoms with Crippen molar-refractivity contribution >= 4 is 11.6 Å². The predicted molar refractivity (Wildman–Crippen MR) is 48.2 cm³/mol. The Labute approximate surface area is 97.2 Å². The summed E-state index contributed by atoms with van der Waals surface area (Å²) in [6, 6.07) is 2.70. The third kappa shape index (κ3) is 1.72. The molecule has 0 spiro atoms. The zero-order chi connectivity index (χ0) is 13.7. The van der Waals surface area contributed by atoms with Crippen molar-refractivity contribution in [2.24, 2.45) is 0 Å². The lowest BCUT2D eigenvalue weighted by atomic mass is 9.97. The van der Waals surface area contributed by atoms with Crippen LogP contribution in [0.5, 0.6) is 0 Å². The molecule has 8 heteroatoms. The Morgan fingerprint density at radius 1 is 1.28 bits per heavy atom. The van der Waals surface area contributed by atoms with Crippen LogP contribution < -0.4 is 5.32 Å². The van der Waals surface area contributed by atoms with Crippen LogP contribution in [0.25, 0.3) is 0 Å². The minimum atomic E-state index is -5.10. The molecule has 1 aromatic carbocycles. The van der Waals surface area contributed by atoms with Crippen molar-refractivity contribution in [1.29, 1.82) is 0 Å². The molecule has 0 unspecified atom stereocenters. The molecular weight excluding hydrogens is 261 g/mol. The summed E-state index contributed by atoms with van der Waals surface area (Å²) in [6.07, 6.45) is -8.18. The van der Waals surface area contributed by atoms with Crippen LogP contribution in [-0.2, 0) is 10.7 Å². The highest BCUT2D eigenvalue weighted by Crippen LogP contribution is 2.46. The molecule has 0 saturated carbocycles. The van der Waals surface area contributed by atoms with Gasteiger partial charge in [0.15, 0.2) is 6.10 Å². The highest BCUT2D eigenvalue weighted by atomic mass is 19.4. The summed E-state index contributed by atoms with van der Waals surface area (Å²) in [4.78, 5) is 10.9. The molecule has 0 aromatic heterocycles. The standard InChI is InChI=1S/C10H5F5NO2/c11-9(12)6-4(7(17)10(13,14)15)2-1-3-5(6)16-8(9)18/h1-3,7,17H/t7-/m1/s1. The van der Waals surface area contributed by atoms with Gasteiger partial charge in [0.1, 0.15) is 0 Å². The fourth-order valence-electron chi connectivity index (χ4n) is 1.68. The van der Waals surface area contributed by atoms with Crippen LogP contribution in [0.4, 0.5) is 27.6 Å². The Balaban J connectivity index is 2.61. The van der Waals surface area contributed by atoms with Crippen LogP contribution in [0.3, 0.4) is 0 Å². The van der Waals surface area contributed by atoms with E-state index in [1.165, 1.54) is 0 Å². The molecule has 2 rings (SSSR count). The highest BCUT2D eigenvalue weighted by Gasteiger charge is 2.54. The molecule has 1 aromatic rings. The van der Waals surface area contributed by atoms with Crippen molar-refractivity contribution < 1.29 is 31.9 Å². The average molecular weight is 266 g/mol. The zero-order valence-corrected chi connectivity index (χ0v) is 8.50. The van der Waals surface area contributed by atoms with E-state index in [1.807, 2.05) is 0 Å². The largest absolute Gasteiger partial charge is 0.418 e. The van der Waals surface area contributed by atoms with Crippen molar-refractivity contribution in [1.82, 2.24) is 5.32 Å². The first-order valence-corrected chi connectivity index (χ1v) is 4.68. The minimum absolute atomic E-state index is 0.550. The lowest BCUT2D eigenvalue weighted by Gasteiger charge is -2.19. The van der Waals surface area contributed by atoms with Gasteiger partial charge in [-0.15, -0.1) is 0 Å². The number of aliphatic hydroxyl groups is 1. The fourth-order valence-corrected chi connectivity index (χ4v) is 1.68. The number of alkyl halides is 5. The van der Waals surface area contributed by atoms with Crippen LogP contribution >= 0.6 is 0 Å². The van der Waals surface area contributed by atoms with Gasteiger partial charge in [0.05, 0.1) is 11.3 Å². The number of hydrogen-bond donors (Lipinski definition) is 1. The summed E-state index contributed by atoms with van der Waals surface area (Å²) in [5.41, 5.74) is -2.79. The molecule has 1 aliphatic rings. The predicted octanol–water partition coefficient (Wildman–Crippen LogP) is 2.15. The molecule has 18 heavy (non-hydrogen) atoms. The number of rotatable bonds is 1. The smallest absolute Gasteiger partial charge is 0.379 e. The van der Waals surface area contributed by atoms with E-state index in [1.54, 1.807) is 0 Å². The highest BCUT2D eigenvalue weighted by molar-refractivity contribution is 5.95. The molecule has 1 amide bonds. The van der Waals surface area contributed by atoms with Crippen molar-refractivity contribution in [2.45, 2.75) is 18.2 Å². The maximum absolute atomic E-state index is 13.4. The fraction of sp³-hybridized carbons (Fsp3) is 0.300. The van der Waals surface area contributed by atoms with E-state index in [4.69, 9.17) is 5.11 Å².